The molecule has 0 saturated heterocycles. The number of rotatable bonds is 3. The van der Waals surface area contributed by atoms with Gasteiger partial charge in [-0.15, -0.1) is 0 Å². The zero-order chi connectivity index (χ0) is 14.9. The smallest absolute Gasteiger partial charge is 0.263 e. The first-order chi connectivity index (χ1) is 9.31. The maximum Gasteiger partial charge on any atom is 0.264 e. The average Bonchev–Trinajstić information content (AvgIpc) is 2.35. The fourth-order valence-corrected chi connectivity index (χ4v) is 3.46. The van der Waals surface area contributed by atoms with Crippen LogP contribution in [0.4, 0.5) is 10.2 Å². The lowest BCUT2D eigenvalue weighted by atomic mass is 10.3. The van der Waals surface area contributed by atoms with Crippen LogP contribution in [0.3, 0.4) is 0 Å². The molecule has 1 N–H and O–H groups in total. The summed E-state index contributed by atoms with van der Waals surface area (Å²) in [5.74, 6) is -0.913. The molecule has 1 heterocycles. The van der Waals surface area contributed by atoms with Crippen LogP contribution in [0.1, 0.15) is 0 Å². The van der Waals surface area contributed by atoms with Crippen LogP contribution < -0.4 is 4.72 Å². The van der Waals surface area contributed by atoms with E-state index in [1.807, 2.05) is 0 Å². The first-order valence-corrected chi connectivity index (χ1v) is 8.13. The summed E-state index contributed by atoms with van der Waals surface area (Å²) < 4.78 is 40.5. The van der Waals surface area contributed by atoms with Gasteiger partial charge in [0.05, 0.1) is 10.0 Å². The second-order valence-corrected chi connectivity index (χ2v) is 6.87. The fraction of sp³-hybridized carbons (Fsp3) is 0. The van der Waals surface area contributed by atoms with Crippen molar-refractivity contribution in [2.24, 2.45) is 0 Å². The van der Waals surface area contributed by atoms with Gasteiger partial charge >= 0.3 is 0 Å². The van der Waals surface area contributed by atoms with E-state index in [0.29, 0.717) is 4.60 Å². The lowest BCUT2D eigenvalue weighted by Crippen LogP contribution is -2.15. The Labute approximate surface area is 133 Å². The van der Waals surface area contributed by atoms with Crippen molar-refractivity contribution in [1.82, 2.24) is 4.98 Å². The van der Waals surface area contributed by atoms with E-state index < -0.39 is 25.8 Å². The number of sulfonamides is 1. The predicted octanol–water partition coefficient (Wildman–Crippen LogP) is 4.09. The molecule has 2 rings (SSSR count). The largest absolute Gasteiger partial charge is 0.264 e. The number of hydrogen-bond acceptors (Lipinski definition) is 3. The van der Waals surface area contributed by atoms with Gasteiger partial charge in [-0.25, -0.2) is 17.8 Å². The van der Waals surface area contributed by atoms with Crippen molar-refractivity contribution >= 4 is 55.0 Å². The first kappa shape index (κ1) is 15.5. The van der Waals surface area contributed by atoms with Gasteiger partial charge in [0.15, 0.2) is 5.82 Å². The normalized spacial score (nSPS) is 11.4. The third-order valence-corrected chi connectivity index (χ3v) is 4.86. The number of nitrogens with one attached hydrogen (secondary N) is 1. The molecule has 0 unspecified atom stereocenters. The molecule has 106 valence electrons. The Morgan fingerprint density at radius 1 is 1.20 bits per heavy atom. The second-order valence-electron chi connectivity index (χ2n) is 3.62. The highest BCUT2D eigenvalue weighted by atomic mass is 79.9. The standard InChI is InChI=1S/C11H6BrCl2FN2O2S/c12-8-2-1-3-9(16-8)17-20(18,19)7-5-4-6(13)11(15)10(7)14/h1-5H,(H,16,17). The van der Waals surface area contributed by atoms with Gasteiger partial charge in [0.2, 0.25) is 0 Å². The Balaban J connectivity index is 2.44. The molecule has 0 aliphatic rings. The molecule has 9 heteroatoms. The van der Waals surface area contributed by atoms with Crippen molar-refractivity contribution < 1.29 is 12.8 Å². The maximum atomic E-state index is 13.5. The second kappa shape index (κ2) is 5.85. The van der Waals surface area contributed by atoms with Gasteiger partial charge in [-0.3, -0.25) is 4.72 Å². The van der Waals surface area contributed by atoms with Crippen molar-refractivity contribution in [3.8, 4) is 0 Å². The van der Waals surface area contributed by atoms with Crippen LogP contribution in [-0.4, -0.2) is 13.4 Å². The van der Waals surface area contributed by atoms with Gasteiger partial charge < -0.3 is 0 Å². The molecule has 0 atom stereocenters. The van der Waals surface area contributed by atoms with Gasteiger partial charge in [-0.2, -0.15) is 0 Å². The highest BCUT2D eigenvalue weighted by Gasteiger charge is 2.22. The summed E-state index contributed by atoms with van der Waals surface area (Å²) in [5.41, 5.74) is 0. The molecular formula is C11H6BrCl2FN2O2S. The maximum absolute atomic E-state index is 13.5. The number of nitrogens with zero attached hydrogens (tertiary/aromatic N) is 1. The molecule has 1 aromatic carbocycles. The third-order valence-electron chi connectivity index (χ3n) is 2.24. The van der Waals surface area contributed by atoms with Crippen LogP contribution in [-0.2, 0) is 10.0 Å². The molecule has 0 aliphatic heterocycles. The zero-order valence-corrected chi connectivity index (χ0v) is 13.5. The Hall–Kier alpha value is -0.890. The van der Waals surface area contributed by atoms with Crippen molar-refractivity contribution in [3.63, 3.8) is 0 Å². The summed E-state index contributed by atoms with van der Waals surface area (Å²) >= 11 is 14.3. The minimum Gasteiger partial charge on any atom is -0.263 e. The summed E-state index contributed by atoms with van der Waals surface area (Å²) in [6, 6.07) is 6.91. The predicted molar refractivity (Wildman–Crippen MR) is 79.2 cm³/mol. The van der Waals surface area contributed by atoms with Crippen molar-refractivity contribution in [2.75, 3.05) is 4.72 Å². The summed E-state index contributed by atoms with van der Waals surface area (Å²) in [5, 5.41) is -0.825. The van der Waals surface area contributed by atoms with E-state index in [2.05, 4.69) is 25.6 Å². The number of benzene rings is 1. The molecular weight excluding hydrogens is 394 g/mol. The van der Waals surface area contributed by atoms with E-state index >= 15 is 0 Å². The van der Waals surface area contributed by atoms with Gasteiger partial charge in [-0.1, -0.05) is 29.3 Å². The van der Waals surface area contributed by atoms with Crippen LogP contribution in [0.25, 0.3) is 0 Å². The Morgan fingerprint density at radius 3 is 2.55 bits per heavy atom. The highest BCUT2D eigenvalue weighted by molar-refractivity contribution is 9.10. The SMILES string of the molecule is O=S(=O)(Nc1cccc(Br)n1)c1ccc(Cl)c(F)c1Cl. The summed E-state index contributed by atoms with van der Waals surface area (Å²) in [6.45, 7) is 0. The summed E-state index contributed by atoms with van der Waals surface area (Å²) in [7, 11) is -4.06. The summed E-state index contributed by atoms with van der Waals surface area (Å²) in [6.07, 6.45) is 0. The molecule has 0 saturated carbocycles. The molecule has 0 bridgehead atoms. The van der Waals surface area contributed by atoms with Gasteiger partial charge in [-0.05, 0) is 40.2 Å². The van der Waals surface area contributed by atoms with Gasteiger partial charge in [0.1, 0.15) is 15.3 Å². The van der Waals surface area contributed by atoms with Crippen molar-refractivity contribution in [2.45, 2.75) is 4.90 Å². The third kappa shape index (κ3) is 3.22. The Kier molecular flexibility index (Phi) is 4.53. The van der Waals surface area contributed by atoms with E-state index in [4.69, 9.17) is 23.2 Å². The molecule has 0 radical (unpaired) electrons. The number of pyridine rings is 1. The Morgan fingerprint density at radius 2 is 1.90 bits per heavy atom. The lowest BCUT2D eigenvalue weighted by molar-refractivity contribution is 0.595. The molecule has 0 spiro atoms. The molecule has 0 aliphatic carbocycles. The fourth-order valence-electron chi connectivity index (χ4n) is 1.37. The molecule has 2 aromatic rings. The van der Waals surface area contributed by atoms with E-state index in [1.165, 1.54) is 6.07 Å². The lowest BCUT2D eigenvalue weighted by Gasteiger charge is -2.10. The average molecular weight is 400 g/mol. The van der Waals surface area contributed by atoms with E-state index in [1.54, 1.807) is 12.1 Å². The number of halogens is 4. The molecule has 20 heavy (non-hydrogen) atoms. The zero-order valence-electron chi connectivity index (χ0n) is 9.57. The minimum absolute atomic E-state index is 0.0748. The monoisotopic (exact) mass is 398 g/mol. The molecule has 0 amide bonds. The number of aromatic nitrogens is 1. The van der Waals surface area contributed by atoms with Gasteiger partial charge in [0.25, 0.3) is 10.0 Å². The molecule has 1 aromatic heterocycles. The van der Waals surface area contributed by atoms with Crippen molar-refractivity contribution in [1.29, 1.82) is 0 Å². The number of hydrogen-bond donors (Lipinski definition) is 1. The van der Waals surface area contributed by atoms with Crippen LogP contribution in [0.2, 0.25) is 10.0 Å². The van der Waals surface area contributed by atoms with Crippen LogP contribution in [0.5, 0.6) is 0 Å². The van der Waals surface area contributed by atoms with E-state index in [-0.39, 0.29) is 10.8 Å². The van der Waals surface area contributed by atoms with Gasteiger partial charge in [0, 0.05) is 0 Å². The first-order valence-electron chi connectivity index (χ1n) is 5.10. The van der Waals surface area contributed by atoms with E-state index in [0.717, 1.165) is 12.1 Å². The number of anilines is 1. The van der Waals surface area contributed by atoms with E-state index in [9.17, 15) is 12.8 Å². The van der Waals surface area contributed by atoms with Crippen LogP contribution in [0, 0.1) is 5.82 Å². The Bertz CT molecular complexity index is 771. The minimum atomic E-state index is -4.06. The van der Waals surface area contributed by atoms with Crippen molar-refractivity contribution in [3.05, 3.63) is 50.8 Å². The highest BCUT2D eigenvalue weighted by Crippen LogP contribution is 2.30. The van der Waals surface area contributed by atoms with Crippen LogP contribution in [0.15, 0.2) is 39.8 Å². The summed E-state index contributed by atoms with van der Waals surface area (Å²) in [4.78, 5) is 3.50. The topological polar surface area (TPSA) is 59.1 Å². The quantitative estimate of drug-likeness (QED) is 0.624. The van der Waals surface area contributed by atoms with Crippen LogP contribution >= 0.6 is 39.1 Å². The molecule has 4 nitrogen and oxygen atoms in total. The molecule has 0 fully saturated rings.